The van der Waals surface area contributed by atoms with Crippen LogP contribution in [0, 0.1) is 0 Å². The molecule has 0 aliphatic carbocycles. The number of nitrogens with one attached hydrogen (secondary N) is 1. The van der Waals surface area contributed by atoms with E-state index >= 15 is 0 Å². The molecule has 1 aliphatic heterocycles. The molecule has 0 bridgehead atoms. The molecule has 0 radical (unpaired) electrons. The Kier molecular flexibility index (Phi) is 2.94. The molecule has 0 fully saturated rings. The first kappa shape index (κ1) is 8.60. The van der Waals surface area contributed by atoms with Gasteiger partial charge in [0.1, 0.15) is 0 Å². The molecule has 2 unspecified atom stereocenters. The summed E-state index contributed by atoms with van der Waals surface area (Å²) in [6, 6.07) is 1.26. The van der Waals surface area contributed by atoms with Crippen molar-refractivity contribution in [2.75, 3.05) is 13.6 Å². The molecule has 0 aromatic carbocycles. The summed E-state index contributed by atoms with van der Waals surface area (Å²) in [6.45, 7) is 5.47. The Balaban J connectivity index is 2.43. The van der Waals surface area contributed by atoms with Gasteiger partial charge in [-0.3, -0.25) is 0 Å². The van der Waals surface area contributed by atoms with Crippen molar-refractivity contribution in [3.63, 3.8) is 0 Å². The number of likely N-dealkylation sites (N-methyl/N-ethyl adjacent to an activating group) is 1. The topological polar surface area (TPSA) is 15.3 Å². The molecule has 2 atom stereocenters. The normalized spacial score (nSPS) is 31.0. The van der Waals surface area contributed by atoms with Crippen molar-refractivity contribution in [1.82, 2.24) is 10.2 Å². The van der Waals surface area contributed by atoms with Crippen LogP contribution in [0.3, 0.4) is 0 Å². The van der Waals surface area contributed by atoms with E-state index < -0.39 is 0 Å². The van der Waals surface area contributed by atoms with Crippen LogP contribution >= 0.6 is 0 Å². The molecular weight excluding hydrogens is 136 g/mol. The predicted octanol–water partition coefficient (Wildman–Crippen LogP) is 1.20. The first-order valence-corrected chi connectivity index (χ1v) is 4.37. The number of rotatable bonds is 2. The van der Waals surface area contributed by atoms with Gasteiger partial charge in [0, 0.05) is 19.1 Å². The van der Waals surface area contributed by atoms with Crippen LogP contribution in [0.2, 0.25) is 0 Å². The Hall–Kier alpha value is -0.500. The Labute approximate surface area is 69.3 Å². The Bertz CT molecular complexity index is 142. The minimum Gasteiger partial charge on any atom is -0.378 e. The van der Waals surface area contributed by atoms with E-state index in [1.165, 1.54) is 6.42 Å². The van der Waals surface area contributed by atoms with Gasteiger partial charge in [0.15, 0.2) is 0 Å². The lowest BCUT2D eigenvalue weighted by molar-refractivity contribution is 0.292. The number of nitrogens with zero attached hydrogens (tertiary/aromatic N) is 1. The van der Waals surface area contributed by atoms with Gasteiger partial charge >= 0.3 is 0 Å². The maximum atomic E-state index is 3.42. The van der Waals surface area contributed by atoms with E-state index in [0.717, 1.165) is 6.54 Å². The highest BCUT2D eigenvalue weighted by molar-refractivity contribution is 5.00. The molecule has 1 rings (SSSR count). The molecule has 2 heteroatoms. The van der Waals surface area contributed by atoms with E-state index in [0.29, 0.717) is 12.1 Å². The summed E-state index contributed by atoms with van der Waals surface area (Å²) in [7, 11) is 2.13. The van der Waals surface area contributed by atoms with Crippen LogP contribution in [0.4, 0.5) is 0 Å². The summed E-state index contributed by atoms with van der Waals surface area (Å²) >= 11 is 0. The largest absolute Gasteiger partial charge is 0.378 e. The van der Waals surface area contributed by atoms with Gasteiger partial charge in [0.25, 0.3) is 0 Å². The molecule has 11 heavy (non-hydrogen) atoms. The molecule has 0 aromatic heterocycles. The third-order valence-electron chi connectivity index (χ3n) is 2.31. The average Bonchev–Trinajstić information content (AvgIpc) is 1.98. The zero-order chi connectivity index (χ0) is 8.27. The van der Waals surface area contributed by atoms with Gasteiger partial charge in [-0.15, -0.1) is 0 Å². The van der Waals surface area contributed by atoms with Crippen LogP contribution in [0.1, 0.15) is 20.3 Å². The molecule has 1 heterocycles. The van der Waals surface area contributed by atoms with Gasteiger partial charge in [0.2, 0.25) is 0 Å². The maximum Gasteiger partial charge on any atom is 0.0286 e. The highest BCUT2D eigenvalue weighted by Crippen LogP contribution is 2.12. The number of hydrogen-bond donors (Lipinski definition) is 1. The molecule has 2 nitrogen and oxygen atoms in total. The molecule has 0 amide bonds. The fourth-order valence-electron chi connectivity index (χ4n) is 1.41. The van der Waals surface area contributed by atoms with Crippen LogP contribution in [-0.2, 0) is 0 Å². The highest BCUT2D eigenvalue weighted by Gasteiger charge is 2.15. The van der Waals surface area contributed by atoms with Crippen LogP contribution in [0.25, 0.3) is 0 Å². The van der Waals surface area contributed by atoms with E-state index in [1.807, 2.05) is 0 Å². The first-order valence-electron chi connectivity index (χ1n) is 4.37. The molecule has 0 saturated heterocycles. The van der Waals surface area contributed by atoms with Crippen LogP contribution in [0.15, 0.2) is 12.3 Å². The minimum absolute atomic E-state index is 0.589. The average molecular weight is 154 g/mol. The quantitative estimate of drug-likeness (QED) is 0.643. The van der Waals surface area contributed by atoms with Crippen molar-refractivity contribution < 1.29 is 0 Å². The van der Waals surface area contributed by atoms with Gasteiger partial charge in [-0.2, -0.15) is 0 Å². The summed E-state index contributed by atoms with van der Waals surface area (Å²) in [5, 5.41) is 3.42. The second-order valence-corrected chi connectivity index (χ2v) is 3.26. The van der Waals surface area contributed by atoms with Crippen molar-refractivity contribution in [2.24, 2.45) is 0 Å². The third kappa shape index (κ3) is 2.22. The SMILES string of the molecule is CCNC1C=CN(C)C(C)C1. The molecular formula is C9H18N2. The monoisotopic (exact) mass is 154 g/mol. The van der Waals surface area contributed by atoms with Crippen molar-refractivity contribution in [2.45, 2.75) is 32.4 Å². The van der Waals surface area contributed by atoms with E-state index in [1.54, 1.807) is 0 Å². The van der Waals surface area contributed by atoms with Gasteiger partial charge < -0.3 is 10.2 Å². The first-order chi connectivity index (χ1) is 5.24. The van der Waals surface area contributed by atoms with Crippen molar-refractivity contribution in [1.29, 1.82) is 0 Å². The minimum atomic E-state index is 0.589. The Morgan fingerprint density at radius 2 is 2.36 bits per heavy atom. The summed E-state index contributed by atoms with van der Waals surface area (Å²) in [6.07, 6.45) is 5.63. The van der Waals surface area contributed by atoms with Gasteiger partial charge in [-0.05, 0) is 26.1 Å². The van der Waals surface area contributed by atoms with Gasteiger partial charge in [-0.25, -0.2) is 0 Å². The van der Waals surface area contributed by atoms with Gasteiger partial charge in [-0.1, -0.05) is 13.0 Å². The highest BCUT2D eigenvalue weighted by atomic mass is 15.1. The lowest BCUT2D eigenvalue weighted by atomic mass is 10.0. The van der Waals surface area contributed by atoms with Gasteiger partial charge in [0.05, 0.1) is 0 Å². The van der Waals surface area contributed by atoms with Crippen molar-refractivity contribution in [3.05, 3.63) is 12.3 Å². The zero-order valence-electron chi connectivity index (χ0n) is 7.67. The van der Waals surface area contributed by atoms with Crippen molar-refractivity contribution >= 4 is 0 Å². The van der Waals surface area contributed by atoms with Crippen LogP contribution in [0.5, 0.6) is 0 Å². The van der Waals surface area contributed by atoms with Crippen LogP contribution in [-0.4, -0.2) is 30.6 Å². The summed E-state index contributed by atoms with van der Waals surface area (Å²) in [5.74, 6) is 0. The fourth-order valence-corrected chi connectivity index (χ4v) is 1.41. The molecule has 0 spiro atoms. The second kappa shape index (κ2) is 3.77. The van der Waals surface area contributed by atoms with E-state index in [9.17, 15) is 0 Å². The fraction of sp³-hybridized carbons (Fsp3) is 0.778. The van der Waals surface area contributed by atoms with E-state index in [2.05, 4.69) is 43.4 Å². The van der Waals surface area contributed by atoms with E-state index in [4.69, 9.17) is 0 Å². The second-order valence-electron chi connectivity index (χ2n) is 3.26. The lowest BCUT2D eigenvalue weighted by Crippen LogP contribution is -2.38. The van der Waals surface area contributed by atoms with E-state index in [-0.39, 0.29) is 0 Å². The molecule has 1 N–H and O–H groups in total. The molecule has 1 aliphatic rings. The standard InChI is InChI=1S/C9H18N2/c1-4-10-9-5-6-11(3)8(2)7-9/h5-6,8-10H,4,7H2,1-3H3. The lowest BCUT2D eigenvalue weighted by Gasteiger charge is -2.31. The zero-order valence-corrected chi connectivity index (χ0v) is 7.67. The summed E-state index contributed by atoms with van der Waals surface area (Å²) in [5.41, 5.74) is 0. The van der Waals surface area contributed by atoms with Crippen LogP contribution < -0.4 is 5.32 Å². The molecule has 0 saturated carbocycles. The maximum absolute atomic E-state index is 3.42. The summed E-state index contributed by atoms with van der Waals surface area (Å²) < 4.78 is 0. The Morgan fingerprint density at radius 1 is 1.64 bits per heavy atom. The molecule has 0 aromatic rings. The summed E-state index contributed by atoms with van der Waals surface area (Å²) in [4.78, 5) is 2.26. The third-order valence-corrected chi connectivity index (χ3v) is 2.31. The predicted molar refractivity (Wildman–Crippen MR) is 48.4 cm³/mol. The van der Waals surface area contributed by atoms with Crippen molar-refractivity contribution in [3.8, 4) is 0 Å². The molecule has 64 valence electrons. The smallest absolute Gasteiger partial charge is 0.0286 e. The number of hydrogen-bond acceptors (Lipinski definition) is 2. The Morgan fingerprint density at radius 3 is 2.91 bits per heavy atom.